The fourth-order valence-corrected chi connectivity index (χ4v) is 7.57. The molecule has 0 aromatic rings. The molecule has 2 unspecified atom stereocenters. The zero-order chi connectivity index (χ0) is 40.2. The molecule has 0 aromatic heterocycles. The van der Waals surface area contributed by atoms with Crippen LogP contribution in [-0.4, -0.2) is 87.5 Å². The van der Waals surface area contributed by atoms with Gasteiger partial charge in [-0.05, 0) is 19.3 Å². The van der Waals surface area contributed by atoms with Crippen molar-refractivity contribution in [2.45, 2.75) is 262 Å². The average Bonchev–Trinajstić information content (AvgIpc) is 3.18. The van der Waals surface area contributed by atoms with Crippen LogP contribution in [0.25, 0.3) is 0 Å². The van der Waals surface area contributed by atoms with Crippen LogP contribution in [0.1, 0.15) is 219 Å². The summed E-state index contributed by atoms with van der Waals surface area (Å²) in [6.07, 6.45) is 35.3. The smallest absolute Gasteiger partial charge is 0.220 e. The summed E-state index contributed by atoms with van der Waals surface area (Å²) in [4.78, 5) is 12.9. The number of nitrogens with one attached hydrogen (secondary N) is 1. The molecule has 0 radical (unpaired) electrons. The van der Waals surface area contributed by atoms with E-state index in [4.69, 9.17) is 9.47 Å². The number of hydrogen-bond acceptors (Lipinski definition) is 8. The maximum atomic E-state index is 12.9. The van der Waals surface area contributed by atoms with Gasteiger partial charge in [0.25, 0.3) is 0 Å². The molecule has 0 bridgehead atoms. The molecular weight excluding hydrogens is 695 g/mol. The molecule has 326 valence electrons. The number of carbonyl (C=O) groups excluding carboxylic acids is 1. The molecule has 1 heterocycles. The molecule has 0 spiro atoms. The van der Waals surface area contributed by atoms with Crippen LogP contribution in [0.2, 0.25) is 0 Å². The summed E-state index contributed by atoms with van der Waals surface area (Å²) < 4.78 is 11.2. The Hall–Kier alpha value is -1.07. The molecule has 1 amide bonds. The van der Waals surface area contributed by atoms with Gasteiger partial charge in [0.1, 0.15) is 24.4 Å². The lowest BCUT2D eigenvalue weighted by Crippen LogP contribution is -2.60. The summed E-state index contributed by atoms with van der Waals surface area (Å²) in [5.74, 6) is -0.174. The average molecular weight is 784 g/mol. The molecule has 9 heteroatoms. The molecule has 6 N–H and O–H groups in total. The van der Waals surface area contributed by atoms with Gasteiger partial charge < -0.3 is 40.3 Å². The van der Waals surface area contributed by atoms with E-state index >= 15 is 0 Å². The third-order valence-corrected chi connectivity index (χ3v) is 11.4. The first kappa shape index (κ1) is 51.9. The Kier molecular flexibility index (Phi) is 35.2. The molecule has 9 nitrogen and oxygen atoms in total. The van der Waals surface area contributed by atoms with Crippen molar-refractivity contribution in [2.75, 3.05) is 13.2 Å². The van der Waals surface area contributed by atoms with Crippen molar-refractivity contribution in [1.29, 1.82) is 0 Å². The minimum atomic E-state index is -1.56. The quantitative estimate of drug-likeness (QED) is 0.0267. The summed E-state index contributed by atoms with van der Waals surface area (Å²) in [6.45, 7) is 3.79. The molecular formula is C46H89NO8. The zero-order valence-corrected chi connectivity index (χ0v) is 35.7. The van der Waals surface area contributed by atoms with Crippen LogP contribution in [0.5, 0.6) is 0 Å². The first-order valence-corrected chi connectivity index (χ1v) is 23.4. The number of rotatable bonds is 39. The monoisotopic (exact) mass is 784 g/mol. The lowest BCUT2D eigenvalue weighted by atomic mass is 9.99. The SMILES string of the molecule is CCCCCCCCCCCCCCCC/C=C/[C@@H](O)[C@H](CO[C@@H]1O[C@H](CO)[C@@H](O)C(O)C1O)NC(=O)CCCCCCCCCCCCCCCCCC. The lowest BCUT2D eigenvalue weighted by molar-refractivity contribution is -0.302. The molecule has 1 saturated heterocycles. The Morgan fingerprint density at radius 3 is 1.42 bits per heavy atom. The van der Waals surface area contributed by atoms with Crippen LogP contribution in [0.4, 0.5) is 0 Å². The highest BCUT2D eigenvalue weighted by atomic mass is 16.7. The topological polar surface area (TPSA) is 149 Å². The van der Waals surface area contributed by atoms with Crippen molar-refractivity contribution < 1.29 is 39.8 Å². The fourth-order valence-electron chi connectivity index (χ4n) is 7.57. The first-order chi connectivity index (χ1) is 26.8. The first-order valence-electron chi connectivity index (χ1n) is 23.4. The van der Waals surface area contributed by atoms with Crippen molar-refractivity contribution in [2.24, 2.45) is 0 Å². The molecule has 0 aliphatic carbocycles. The number of aliphatic hydroxyl groups excluding tert-OH is 5. The minimum absolute atomic E-state index is 0.174. The molecule has 7 atom stereocenters. The van der Waals surface area contributed by atoms with Gasteiger partial charge in [-0.1, -0.05) is 206 Å². The third-order valence-electron chi connectivity index (χ3n) is 11.4. The van der Waals surface area contributed by atoms with Gasteiger partial charge in [-0.2, -0.15) is 0 Å². The molecule has 0 aromatic carbocycles. The largest absolute Gasteiger partial charge is 0.394 e. The van der Waals surface area contributed by atoms with Crippen molar-refractivity contribution in [3.05, 3.63) is 12.2 Å². The molecule has 1 aliphatic heterocycles. The Morgan fingerprint density at radius 1 is 0.600 bits per heavy atom. The van der Waals surface area contributed by atoms with Crippen LogP contribution in [0.15, 0.2) is 12.2 Å². The van der Waals surface area contributed by atoms with Gasteiger partial charge in [-0.15, -0.1) is 0 Å². The molecule has 55 heavy (non-hydrogen) atoms. The lowest BCUT2D eigenvalue weighted by Gasteiger charge is -2.40. The van der Waals surface area contributed by atoms with Crippen molar-refractivity contribution in [3.8, 4) is 0 Å². The number of carbonyl (C=O) groups is 1. The molecule has 1 rings (SSSR count). The third kappa shape index (κ3) is 28.1. The van der Waals surface area contributed by atoms with Crippen LogP contribution in [0.3, 0.4) is 0 Å². The number of allylic oxidation sites excluding steroid dienone is 1. The van der Waals surface area contributed by atoms with Crippen LogP contribution < -0.4 is 5.32 Å². The second-order valence-corrected chi connectivity index (χ2v) is 16.6. The van der Waals surface area contributed by atoms with E-state index in [9.17, 15) is 30.3 Å². The molecule has 1 aliphatic rings. The molecule has 0 saturated carbocycles. The highest BCUT2D eigenvalue weighted by molar-refractivity contribution is 5.76. The Morgan fingerprint density at radius 2 is 1.00 bits per heavy atom. The number of aliphatic hydroxyl groups is 5. The van der Waals surface area contributed by atoms with Crippen LogP contribution in [0, 0.1) is 0 Å². The van der Waals surface area contributed by atoms with Crippen molar-refractivity contribution in [3.63, 3.8) is 0 Å². The van der Waals surface area contributed by atoms with Crippen LogP contribution in [-0.2, 0) is 14.3 Å². The van der Waals surface area contributed by atoms with E-state index in [0.717, 1.165) is 38.5 Å². The van der Waals surface area contributed by atoms with Gasteiger partial charge in [0, 0.05) is 6.42 Å². The van der Waals surface area contributed by atoms with E-state index in [1.807, 2.05) is 6.08 Å². The number of ether oxygens (including phenoxy) is 2. The van der Waals surface area contributed by atoms with Gasteiger partial charge in [-0.25, -0.2) is 0 Å². The van der Waals surface area contributed by atoms with Gasteiger partial charge in [-0.3, -0.25) is 4.79 Å². The number of hydrogen-bond donors (Lipinski definition) is 6. The Labute approximate surface area is 337 Å². The highest BCUT2D eigenvalue weighted by Gasteiger charge is 2.44. The molecule has 1 fully saturated rings. The van der Waals surface area contributed by atoms with Gasteiger partial charge in [0.05, 0.1) is 25.4 Å². The van der Waals surface area contributed by atoms with E-state index in [2.05, 4.69) is 19.2 Å². The predicted octanol–water partition coefficient (Wildman–Crippen LogP) is 9.73. The predicted molar refractivity (Wildman–Crippen MR) is 226 cm³/mol. The van der Waals surface area contributed by atoms with Gasteiger partial charge in [0.15, 0.2) is 6.29 Å². The summed E-state index contributed by atoms with van der Waals surface area (Å²) in [5.41, 5.74) is 0. The Bertz CT molecular complexity index is 873. The van der Waals surface area contributed by atoms with E-state index < -0.39 is 49.5 Å². The van der Waals surface area contributed by atoms with E-state index in [-0.39, 0.29) is 12.5 Å². The van der Waals surface area contributed by atoms with Gasteiger partial charge in [0.2, 0.25) is 5.91 Å². The van der Waals surface area contributed by atoms with Crippen LogP contribution >= 0.6 is 0 Å². The Balaban J connectivity index is 2.35. The number of amides is 1. The van der Waals surface area contributed by atoms with E-state index in [1.54, 1.807) is 6.08 Å². The summed E-state index contributed by atoms with van der Waals surface area (Å²) >= 11 is 0. The maximum Gasteiger partial charge on any atom is 0.220 e. The van der Waals surface area contributed by atoms with E-state index in [0.29, 0.717) is 6.42 Å². The normalized spacial score (nSPS) is 21.3. The standard InChI is InChI=1S/C46H89NO8/c1-3-5-7-9-11-13-15-17-19-21-23-25-27-29-31-33-35-40(49)39(38-54-46-45(53)44(52)43(51)41(37-48)55-46)47-42(50)36-34-32-30-28-26-24-22-20-18-16-14-12-10-8-6-4-2/h33,35,39-41,43-46,48-49,51-53H,3-32,34,36-38H2,1-2H3,(H,47,50)/b35-33+/t39-,40+,41+,43+,44?,45?,46+/m0/s1. The van der Waals surface area contributed by atoms with Crippen molar-refractivity contribution in [1.82, 2.24) is 5.32 Å². The number of unbranched alkanes of at least 4 members (excludes halogenated alkanes) is 29. The summed E-state index contributed by atoms with van der Waals surface area (Å²) in [7, 11) is 0. The maximum absolute atomic E-state index is 12.9. The second-order valence-electron chi connectivity index (χ2n) is 16.6. The van der Waals surface area contributed by atoms with Crippen molar-refractivity contribution >= 4 is 5.91 Å². The fraction of sp³-hybridized carbons (Fsp3) is 0.935. The van der Waals surface area contributed by atoms with E-state index in [1.165, 1.54) is 161 Å². The zero-order valence-electron chi connectivity index (χ0n) is 35.7. The highest BCUT2D eigenvalue weighted by Crippen LogP contribution is 2.23. The minimum Gasteiger partial charge on any atom is -0.394 e. The van der Waals surface area contributed by atoms with Gasteiger partial charge >= 0.3 is 0 Å². The summed E-state index contributed by atoms with van der Waals surface area (Å²) in [5, 5.41) is 54.2. The second kappa shape index (κ2) is 37.2. The summed E-state index contributed by atoms with van der Waals surface area (Å²) in [6, 6.07) is -0.798.